The van der Waals surface area contributed by atoms with Crippen molar-refractivity contribution in [3.05, 3.63) is 58.7 Å². The molecule has 3 rings (SSSR count). The fraction of sp³-hybridized carbons (Fsp3) is 0.543. The second-order valence-corrected chi connectivity index (χ2v) is 15.4. The summed E-state index contributed by atoms with van der Waals surface area (Å²) in [5.41, 5.74) is -4.01. The molecule has 0 radical (unpaired) electrons. The van der Waals surface area contributed by atoms with Gasteiger partial charge in [0, 0.05) is 5.69 Å². The maximum absolute atomic E-state index is 15.4. The van der Waals surface area contributed by atoms with Crippen LogP contribution in [0.4, 0.5) is 24.1 Å². The van der Waals surface area contributed by atoms with Crippen molar-refractivity contribution in [2.45, 2.75) is 118 Å². The average molecular weight is 689 g/mol. The number of ether oxygens (including phenoxy) is 3. The van der Waals surface area contributed by atoms with Crippen LogP contribution in [0, 0.1) is 18.6 Å². The van der Waals surface area contributed by atoms with Crippen LogP contribution in [0.15, 0.2) is 30.3 Å². The Morgan fingerprint density at radius 2 is 1.33 bits per heavy atom. The average Bonchev–Trinajstić information content (AvgIpc) is 3.12. The lowest BCUT2D eigenvalue weighted by Gasteiger charge is -2.32. The lowest BCUT2D eigenvalue weighted by molar-refractivity contribution is -0.158. The predicted octanol–water partition coefficient (Wildman–Crippen LogP) is 6.78. The Hall–Kier alpha value is -4.04. The quantitative estimate of drug-likeness (QED) is 0.190. The number of nitrogens with zero attached hydrogens (tertiary/aromatic N) is 1. The van der Waals surface area contributed by atoms with E-state index in [4.69, 9.17) is 23.5 Å². The number of hydrogen-bond donors (Lipinski definition) is 1. The normalized spacial score (nSPS) is 15.8. The Balaban J connectivity index is 1.79. The van der Waals surface area contributed by atoms with Crippen molar-refractivity contribution >= 4 is 42.3 Å². The SMILES string of the molecule is Cc1c(NC(=O)c2ccc(C(C)(C)OC(=O)CN(C(=O)OC(C)(C)C)C(=O)OC(C)(C)C)cc2F)cc(F)cc1B1OC(C)(C)C(C)(C)O1. The lowest BCUT2D eigenvalue weighted by Crippen LogP contribution is -2.47. The molecule has 49 heavy (non-hydrogen) atoms. The summed E-state index contributed by atoms with van der Waals surface area (Å²) in [7, 11) is -0.891. The Morgan fingerprint density at radius 3 is 1.80 bits per heavy atom. The van der Waals surface area contributed by atoms with E-state index in [9.17, 15) is 23.6 Å². The molecule has 0 spiro atoms. The van der Waals surface area contributed by atoms with Crippen LogP contribution in [-0.2, 0) is 33.9 Å². The molecule has 1 heterocycles. The minimum atomic E-state index is -1.47. The van der Waals surface area contributed by atoms with E-state index in [1.165, 1.54) is 32.0 Å². The van der Waals surface area contributed by atoms with Crippen LogP contribution in [0.3, 0.4) is 0 Å². The summed E-state index contributed by atoms with van der Waals surface area (Å²) >= 11 is 0. The van der Waals surface area contributed by atoms with Crippen molar-refractivity contribution in [1.29, 1.82) is 0 Å². The Bertz CT molecular complexity index is 1580. The molecule has 14 heteroatoms. The number of carbonyl (C=O) groups excluding carboxylic acids is 4. The van der Waals surface area contributed by atoms with E-state index in [0.717, 1.165) is 12.1 Å². The molecule has 2 aromatic rings. The van der Waals surface area contributed by atoms with Gasteiger partial charge in [0.2, 0.25) is 0 Å². The highest BCUT2D eigenvalue weighted by Crippen LogP contribution is 2.37. The van der Waals surface area contributed by atoms with E-state index in [-0.39, 0.29) is 16.8 Å². The first-order valence-corrected chi connectivity index (χ1v) is 15.8. The Morgan fingerprint density at radius 1 is 0.816 bits per heavy atom. The van der Waals surface area contributed by atoms with Crippen molar-refractivity contribution in [2.24, 2.45) is 0 Å². The monoisotopic (exact) mass is 688 g/mol. The molecule has 0 unspecified atom stereocenters. The van der Waals surface area contributed by atoms with Gasteiger partial charge in [-0.2, -0.15) is 0 Å². The number of nitrogens with one attached hydrogen (secondary N) is 1. The van der Waals surface area contributed by atoms with Gasteiger partial charge < -0.3 is 28.8 Å². The van der Waals surface area contributed by atoms with Gasteiger partial charge >= 0.3 is 25.3 Å². The zero-order valence-corrected chi connectivity index (χ0v) is 30.5. The number of carbonyl (C=O) groups is 4. The maximum Gasteiger partial charge on any atom is 0.495 e. The van der Waals surface area contributed by atoms with E-state index in [1.807, 2.05) is 27.7 Å². The highest BCUT2D eigenvalue weighted by Gasteiger charge is 2.52. The van der Waals surface area contributed by atoms with Gasteiger partial charge in [0.1, 0.15) is 35.0 Å². The van der Waals surface area contributed by atoms with E-state index < -0.39 is 77.4 Å². The number of rotatable bonds is 7. The van der Waals surface area contributed by atoms with Gasteiger partial charge in [-0.3, -0.25) is 9.59 Å². The summed E-state index contributed by atoms with van der Waals surface area (Å²) in [4.78, 5) is 52.3. The molecule has 1 saturated heterocycles. The third kappa shape index (κ3) is 9.78. The van der Waals surface area contributed by atoms with Crippen molar-refractivity contribution in [1.82, 2.24) is 4.90 Å². The molecule has 1 N–H and O–H groups in total. The van der Waals surface area contributed by atoms with Crippen molar-refractivity contribution in [2.75, 3.05) is 11.9 Å². The van der Waals surface area contributed by atoms with Crippen molar-refractivity contribution in [3.8, 4) is 0 Å². The van der Waals surface area contributed by atoms with Crippen LogP contribution in [-0.4, -0.2) is 65.0 Å². The van der Waals surface area contributed by atoms with Gasteiger partial charge in [0.05, 0.1) is 16.8 Å². The minimum Gasteiger partial charge on any atom is -0.453 e. The molecule has 1 aliphatic rings. The fourth-order valence-corrected chi connectivity index (χ4v) is 4.65. The Kier molecular flexibility index (Phi) is 11.0. The zero-order valence-electron chi connectivity index (χ0n) is 30.5. The third-order valence-corrected chi connectivity index (χ3v) is 7.96. The third-order valence-electron chi connectivity index (χ3n) is 7.96. The van der Waals surface area contributed by atoms with Gasteiger partial charge in [-0.1, -0.05) is 6.07 Å². The van der Waals surface area contributed by atoms with Crippen LogP contribution in [0.2, 0.25) is 0 Å². The van der Waals surface area contributed by atoms with E-state index in [0.29, 0.717) is 15.9 Å². The number of esters is 1. The zero-order chi connectivity index (χ0) is 37.5. The van der Waals surface area contributed by atoms with E-state index >= 15 is 4.39 Å². The Labute approximate surface area is 287 Å². The molecule has 1 fully saturated rings. The number of hydrogen-bond acceptors (Lipinski definition) is 9. The van der Waals surface area contributed by atoms with Crippen LogP contribution >= 0.6 is 0 Å². The number of benzene rings is 2. The largest absolute Gasteiger partial charge is 0.495 e. The summed E-state index contributed by atoms with van der Waals surface area (Å²) in [6.07, 6.45) is -2.23. The molecule has 1 aliphatic heterocycles. The first kappa shape index (κ1) is 39.4. The number of anilines is 1. The molecule has 0 aromatic heterocycles. The fourth-order valence-electron chi connectivity index (χ4n) is 4.65. The van der Waals surface area contributed by atoms with Crippen LogP contribution < -0.4 is 10.8 Å². The number of imide groups is 1. The summed E-state index contributed by atoms with van der Waals surface area (Å²) < 4.78 is 58.4. The van der Waals surface area contributed by atoms with Crippen LogP contribution in [0.5, 0.6) is 0 Å². The summed E-state index contributed by atoms with van der Waals surface area (Å²) in [5, 5.41) is 2.57. The molecule has 0 aliphatic carbocycles. The predicted molar refractivity (Wildman–Crippen MR) is 179 cm³/mol. The first-order chi connectivity index (χ1) is 22.1. The molecule has 11 nitrogen and oxygen atoms in total. The molecule has 268 valence electrons. The molecular formula is C35H47BF2N2O9. The smallest absolute Gasteiger partial charge is 0.453 e. The topological polar surface area (TPSA) is 130 Å². The standard InChI is InChI=1S/C35H47BF2N2O9/c1-20-24(36-48-34(10,11)35(12,13)49-36)17-22(37)18-26(20)39-28(42)23-15-14-21(16-25(23)38)33(8,9)45-27(41)19-40(29(43)46-31(2,3)4)30(44)47-32(5,6)7/h14-18H,19H2,1-13H3,(H,39,42). The highest BCUT2D eigenvalue weighted by atomic mass is 19.1. The first-order valence-electron chi connectivity index (χ1n) is 15.8. The molecule has 3 amide bonds. The second kappa shape index (κ2) is 13.7. The molecule has 2 aromatic carbocycles. The molecular weight excluding hydrogens is 641 g/mol. The number of amides is 3. The van der Waals surface area contributed by atoms with Gasteiger partial charge in [0.15, 0.2) is 0 Å². The lowest BCUT2D eigenvalue weighted by atomic mass is 9.75. The summed E-state index contributed by atoms with van der Waals surface area (Å²) in [6.45, 7) is 20.8. The van der Waals surface area contributed by atoms with Crippen LogP contribution in [0.1, 0.15) is 105 Å². The number of halogens is 2. The molecule has 0 saturated carbocycles. The van der Waals surface area contributed by atoms with Crippen molar-refractivity contribution in [3.63, 3.8) is 0 Å². The molecule has 0 bridgehead atoms. The highest BCUT2D eigenvalue weighted by molar-refractivity contribution is 6.62. The van der Waals surface area contributed by atoms with E-state index in [1.54, 1.807) is 48.5 Å². The summed E-state index contributed by atoms with van der Waals surface area (Å²) in [6, 6.07) is 6.00. The minimum absolute atomic E-state index is 0.104. The molecule has 0 atom stereocenters. The van der Waals surface area contributed by atoms with Gasteiger partial charge in [-0.25, -0.2) is 23.3 Å². The maximum atomic E-state index is 15.4. The van der Waals surface area contributed by atoms with Crippen LogP contribution in [0.25, 0.3) is 0 Å². The van der Waals surface area contributed by atoms with Gasteiger partial charge in [-0.05, 0) is 131 Å². The van der Waals surface area contributed by atoms with E-state index in [2.05, 4.69) is 5.32 Å². The summed E-state index contributed by atoms with van der Waals surface area (Å²) in [5.74, 6) is -3.45. The van der Waals surface area contributed by atoms with Crippen molar-refractivity contribution < 1.29 is 51.5 Å². The van der Waals surface area contributed by atoms with Gasteiger partial charge in [-0.15, -0.1) is 0 Å². The van der Waals surface area contributed by atoms with Gasteiger partial charge in [0.25, 0.3) is 5.91 Å². The second-order valence-electron chi connectivity index (χ2n) is 15.4.